The van der Waals surface area contributed by atoms with Crippen molar-refractivity contribution in [2.75, 3.05) is 19.8 Å². The van der Waals surface area contributed by atoms with Gasteiger partial charge in [0.05, 0.1) is 30.4 Å². The van der Waals surface area contributed by atoms with Gasteiger partial charge in [0, 0.05) is 25.1 Å². The number of unbranched alkanes of at least 4 members (excludes halogenated alkanes) is 1. The first-order valence-corrected chi connectivity index (χ1v) is 14.5. The SMILES string of the molecule is C[C@@H]1C(O)[C@@H](OC2C(O)C(O[C@H]3O[C@H](CCCCO)CCC3N)[C@@H](N)C[C@H]2NC(=O)[C@@H](O)[C@@H](O)CN)OCC1(C)O. The fraction of sp³-hybridized carbons (Fsp3) is 0.962. The molecule has 13 N–H and O–H groups in total. The number of rotatable bonds is 12. The molecule has 1 amide bonds. The highest BCUT2D eigenvalue weighted by Gasteiger charge is 2.51. The number of ether oxygens (including phenoxy) is 4. The Bertz CT molecular complexity index is 826. The van der Waals surface area contributed by atoms with E-state index in [1.807, 2.05) is 0 Å². The van der Waals surface area contributed by atoms with Crippen molar-refractivity contribution in [2.45, 2.75) is 131 Å². The first-order chi connectivity index (χ1) is 19.3. The molecule has 2 saturated heterocycles. The molecular weight excluding hydrogens is 544 g/mol. The third-order valence-corrected chi connectivity index (χ3v) is 8.55. The van der Waals surface area contributed by atoms with Crippen LogP contribution in [0.4, 0.5) is 0 Å². The monoisotopic (exact) mass is 594 g/mol. The van der Waals surface area contributed by atoms with Gasteiger partial charge < -0.3 is 72.1 Å². The van der Waals surface area contributed by atoms with E-state index in [-0.39, 0.29) is 32.3 Å². The van der Waals surface area contributed by atoms with Crippen LogP contribution in [-0.4, -0.2) is 135 Å². The molecule has 6 unspecified atom stereocenters. The van der Waals surface area contributed by atoms with Gasteiger partial charge in [-0.05, 0) is 45.4 Å². The smallest absolute Gasteiger partial charge is 0.251 e. The largest absolute Gasteiger partial charge is 0.396 e. The first-order valence-electron chi connectivity index (χ1n) is 14.5. The zero-order valence-electron chi connectivity index (χ0n) is 23.8. The highest BCUT2D eigenvalue weighted by molar-refractivity contribution is 5.81. The second kappa shape index (κ2) is 15.1. The molecule has 3 aliphatic rings. The summed E-state index contributed by atoms with van der Waals surface area (Å²) in [6.45, 7) is 2.73. The number of nitrogens with two attached hydrogens (primary N) is 3. The number of amides is 1. The van der Waals surface area contributed by atoms with E-state index < -0.39 is 84.8 Å². The molecule has 0 aromatic rings. The maximum Gasteiger partial charge on any atom is 0.251 e. The average Bonchev–Trinajstić information content (AvgIpc) is 2.93. The van der Waals surface area contributed by atoms with Gasteiger partial charge in [-0.15, -0.1) is 0 Å². The maximum atomic E-state index is 12.7. The van der Waals surface area contributed by atoms with Gasteiger partial charge in [0.2, 0.25) is 0 Å². The maximum absolute atomic E-state index is 12.7. The normalized spacial score (nSPS) is 43.3. The topological polar surface area (TPSA) is 265 Å². The summed E-state index contributed by atoms with van der Waals surface area (Å²) in [7, 11) is 0. The molecule has 0 aromatic carbocycles. The van der Waals surface area contributed by atoms with E-state index in [9.17, 15) is 30.3 Å². The molecular formula is C26H50N4O11. The third-order valence-electron chi connectivity index (χ3n) is 8.55. The number of carbonyl (C=O) groups excluding carboxylic acids is 1. The van der Waals surface area contributed by atoms with Crippen LogP contribution in [0, 0.1) is 5.92 Å². The van der Waals surface area contributed by atoms with Crippen LogP contribution in [0.1, 0.15) is 52.4 Å². The Labute approximate surface area is 240 Å². The fourth-order valence-corrected chi connectivity index (χ4v) is 5.53. The highest BCUT2D eigenvalue weighted by atomic mass is 16.7. The first kappa shape index (κ1) is 34.4. The van der Waals surface area contributed by atoms with Crippen molar-refractivity contribution in [1.82, 2.24) is 5.32 Å². The van der Waals surface area contributed by atoms with Gasteiger partial charge in [-0.1, -0.05) is 6.92 Å². The number of aliphatic hydroxyl groups is 6. The van der Waals surface area contributed by atoms with Crippen LogP contribution in [0.2, 0.25) is 0 Å². The van der Waals surface area contributed by atoms with Gasteiger partial charge >= 0.3 is 0 Å². The second-order valence-electron chi connectivity index (χ2n) is 11.9. The lowest BCUT2D eigenvalue weighted by atomic mass is 9.82. The summed E-state index contributed by atoms with van der Waals surface area (Å²) in [6, 6.07) is -2.32. The van der Waals surface area contributed by atoms with Crippen molar-refractivity contribution < 1.29 is 54.4 Å². The number of nitrogens with one attached hydrogen (secondary N) is 1. The standard InChI is InChI=1S/C26H50N4O11/c1-12-18(33)25(38-11-26(12,2)37)41-22-16(30-23(36)19(34)17(32)10-27)9-15(29)21(20(22)35)40-24-14(28)7-6-13(39-24)5-3-4-8-31/h12-22,24-25,31-35,37H,3-11,27-29H2,1-2H3,(H,30,36)/t12-,13-,14?,15+,16-,17+,18?,19+,20?,21?,22?,24-,25-,26?/m1/s1. The Hall–Kier alpha value is -1.05. The van der Waals surface area contributed by atoms with E-state index >= 15 is 0 Å². The van der Waals surface area contributed by atoms with Crippen LogP contribution in [0.15, 0.2) is 0 Å². The van der Waals surface area contributed by atoms with Gasteiger partial charge in [0.1, 0.15) is 30.5 Å². The molecule has 1 saturated carbocycles. The molecule has 2 aliphatic heterocycles. The Morgan fingerprint density at radius 1 is 1.07 bits per heavy atom. The van der Waals surface area contributed by atoms with E-state index in [2.05, 4.69) is 5.32 Å². The van der Waals surface area contributed by atoms with Crippen molar-refractivity contribution in [3.05, 3.63) is 0 Å². The summed E-state index contributed by atoms with van der Waals surface area (Å²) in [4.78, 5) is 12.7. The van der Waals surface area contributed by atoms with Crippen molar-refractivity contribution >= 4 is 5.91 Å². The van der Waals surface area contributed by atoms with Crippen molar-refractivity contribution in [3.8, 4) is 0 Å². The molecule has 14 atom stereocenters. The summed E-state index contributed by atoms with van der Waals surface area (Å²) in [5, 5.41) is 64.4. The molecule has 0 bridgehead atoms. The van der Waals surface area contributed by atoms with Gasteiger partial charge in [0.25, 0.3) is 5.91 Å². The molecule has 0 aromatic heterocycles. The molecule has 0 radical (unpaired) electrons. The lowest BCUT2D eigenvalue weighted by Gasteiger charge is -2.48. The van der Waals surface area contributed by atoms with Gasteiger partial charge in [0.15, 0.2) is 18.7 Å². The fourth-order valence-electron chi connectivity index (χ4n) is 5.53. The van der Waals surface area contributed by atoms with E-state index in [4.69, 9.17) is 41.3 Å². The highest BCUT2D eigenvalue weighted by Crippen LogP contribution is 2.34. The zero-order valence-corrected chi connectivity index (χ0v) is 23.8. The molecule has 1 aliphatic carbocycles. The van der Waals surface area contributed by atoms with Crippen LogP contribution in [0.3, 0.4) is 0 Å². The van der Waals surface area contributed by atoms with Crippen LogP contribution >= 0.6 is 0 Å². The summed E-state index contributed by atoms with van der Waals surface area (Å²) < 4.78 is 23.8. The zero-order chi connectivity index (χ0) is 30.5. The molecule has 2 heterocycles. The minimum absolute atomic E-state index is 0.0154. The predicted octanol–water partition coefficient (Wildman–Crippen LogP) is -3.89. The molecule has 15 heteroatoms. The van der Waals surface area contributed by atoms with Crippen LogP contribution in [-0.2, 0) is 23.7 Å². The summed E-state index contributed by atoms with van der Waals surface area (Å²) in [5.41, 5.74) is 16.7. The van der Waals surface area contributed by atoms with Crippen molar-refractivity contribution in [1.29, 1.82) is 0 Å². The second-order valence-corrected chi connectivity index (χ2v) is 11.9. The Kier molecular flexibility index (Phi) is 12.7. The van der Waals surface area contributed by atoms with Crippen LogP contribution in [0.25, 0.3) is 0 Å². The molecule has 240 valence electrons. The van der Waals surface area contributed by atoms with E-state index in [0.29, 0.717) is 19.3 Å². The quantitative estimate of drug-likeness (QED) is 0.0969. The number of hydrogen-bond donors (Lipinski definition) is 10. The van der Waals surface area contributed by atoms with E-state index in [1.165, 1.54) is 6.92 Å². The van der Waals surface area contributed by atoms with Gasteiger partial charge in [-0.3, -0.25) is 4.79 Å². The lowest BCUT2D eigenvalue weighted by molar-refractivity contribution is -0.314. The Morgan fingerprint density at radius 3 is 2.41 bits per heavy atom. The molecule has 0 spiro atoms. The minimum atomic E-state index is -1.84. The minimum Gasteiger partial charge on any atom is -0.396 e. The van der Waals surface area contributed by atoms with Crippen molar-refractivity contribution in [2.24, 2.45) is 23.1 Å². The number of hydrogen-bond acceptors (Lipinski definition) is 14. The molecule has 15 nitrogen and oxygen atoms in total. The van der Waals surface area contributed by atoms with E-state index in [0.717, 1.165) is 12.8 Å². The summed E-state index contributed by atoms with van der Waals surface area (Å²) in [6.07, 6.45) is -7.23. The van der Waals surface area contributed by atoms with Crippen LogP contribution < -0.4 is 22.5 Å². The van der Waals surface area contributed by atoms with Crippen molar-refractivity contribution in [3.63, 3.8) is 0 Å². The summed E-state index contributed by atoms with van der Waals surface area (Å²) >= 11 is 0. The van der Waals surface area contributed by atoms with E-state index in [1.54, 1.807) is 6.92 Å². The predicted molar refractivity (Wildman–Crippen MR) is 144 cm³/mol. The van der Waals surface area contributed by atoms with Gasteiger partial charge in [-0.25, -0.2) is 0 Å². The summed E-state index contributed by atoms with van der Waals surface area (Å²) in [5.74, 6) is -1.60. The average molecular weight is 595 g/mol. The van der Waals surface area contributed by atoms with Gasteiger partial charge in [-0.2, -0.15) is 0 Å². The Morgan fingerprint density at radius 2 is 1.76 bits per heavy atom. The molecule has 3 rings (SSSR count). The number of aliphatic hydroxyl groups excluding tert-OH is 5. The lowest BCUT2D eigenvalue weighted by Crippen LogP contribution is -2.68. The Balaban J connectivity index is 1.78. The van der Waals surface area contributed by atoms with Crippen LogP contribution in [0.5, 0.6) is 0 Å². The number of carbonyl (C=O) groups is 1. The molecule has 3 fully saturated rings. The third kappa shape index (κ3) is 8.53. The molecule has 41 heavy (non-hydrogen) atoms.